The average molecular weight is 286 g/mol. The SMILES string of the molecule is Cc1cc(NCc2ccccc2)ncc1SC(C)(C)C. The molecule has 0 saturated heterocycles. The monoisotopic (exact) mass is 286 g/mol. The number of anilines is 1. The lowest BCUT2D eigenvalue weighted by atomic mass is 10.2. The highest BCUT2D eigenvalue weighted by Gasteiger charge is 2.14. The number of hydrogen-bond acceptors (Lipinski definition) is 3. The predicted molar refractivity (Wildman–Crippen MR) is 88.4 cm³/mol. The molecule has 1 aromatic carbocycles. The lowest BCUT2D eigenvalue weighted by Gasteiger charge is -2.19. The minimum Gasteiger partial charge on any atom is -0.366 e. The third-order valence-electron chi connectivity index (χ3n) is 2.80. The van der Waals surface area contributed by atoms with Crippen LogP contribution in [0, 0.1) is 6.92 Å². The van der Waals surface area contributed by atoms with E-state index in [0.29, 0.717) is 0 Å². The fourth-order valence-corrected chi connectivity index (χ4v) is 2.85. The molecule has 106 valence electrons. The van der Waals surface area contributed by atoms with Crippen LogP contribution in [0.3, 0.4) is 0 Å². The molecular weight excluding hydrogens is 264 g/mol. The van der Waals surface area contributed by atoms with E-state index in [0.717, 1.165) is 12.4 Å². The molecule has 1 N–H and O–H groups in total. The third kappa shape index (κ3) is 4.57. The summed E-state index contributed by atoms with van der Waals surface area (Å²) < 4.78 is 0.214. The third-order valence-corrected chi connectivity index (χ3v) is 4.06. The van der Waals surface area contributed by atoms with E-state index in [4.69, 9.17) is 0 Å². The van der Waals surface area contributed by atoms with Gasteiger partial charge in [-0.05, 0) is 24.1 Å². The molecule has 0 saturated carbocycles. The van der Waals surface area contributed by atoms with Gasteiger partial charge >= 0.3 is 0 Å². The molecule has 0 fully saturated rings. The normalized spacial score (nSPS) is 11.4. The van der Waals surface area contributed by atoms with Crippen LogP contribution in [-0.2, 0) is 6.54 Å². The predicted octanol–water partition coefficient (Wildman–Crippen LogP) is 4.89. The van der Waals surface area contributed by atoms with Crippen LogP contribution < -0.4 is 5.32 Å². The van der Waals surface area contributed by atoms with Crippen molar-refractivity contribution in [1.29, 1.82) is 0 Å². The smallest absolute Gasteiger partial charge is 0.126 e. The summed E-state index contributed by atoms with van der Waals surface area (Å²) in [6, 6.07) is 12.5. The Hall–Kier alpha value is -1.48. The maximum atomic E-state index is 4.51. The lowest BCUT2D eigenvalue weighted by molar-refractivity contribution is 0.801. The van der Waals surface area contributed by atoms with Crippen molar-refractivity contribution in [3.63, 3.8) is 0 Å². The fourth-order valence-electron chi connectivity index (χ4n) is 1.87. The van der Waals surface area contributed by atoms with Crippen LogP contribution in [0.2, 0.25) is 0 Å². The molecule has 0 unspecified atom stereocenters. The van der Waals surface area contributed by atoms with Crippen LogP contribution in [0.5, 0.6) is 0 Å². The first-order chi connectivity index (χ1) is 9.44. The number of aryl methyl sites for hydroxylation is 1. The summed E-state index contributed by atoms with van der Waals surface area (Å²) >= 11 is 1.86. The second-order valence-corrected chi connectivity index (χ2v) is 7.76. The van der Waals surface area contributed by atoms with Gasteiger partial charge < -0.3 is 5.32 Å². The number of nitrogens with zero attached hydrogens (tertiary/aromatic N) is 1. The van der Waals surface area contributed by atoms with Crippen LogP contribution in [0.25, 0.3) is 0 Å². The van der Waals surface area contributed by atoms with Crippen molar-refractivity contribution in [2.45, 2.75) is 43.9 Å². The van der Waals surface area contributed by atoms with E-state index >= 15 is 0 Å². The van der Waals surface area contributed by atoms with Crippen LogP contribution >= 0.6 is 11.8 Å². The van der Waals surface area contributed by atoms with E-state index in [2.05, 4.69) is 68.3 Å². The van der Waals surface area contributed by atoms with Crippen LogP contribution in [0.4, 0.5) is 5.82 Å². The number of nitrogens with one attached hydrogen (secondary N) is 1. The quantitative estimate of drug-likeness (QED) is 0.810. The molecule has 2 aromatic rings. The zero-order valence-electron chi connectivity index (χ0n) is 12.6. The summed E-state index contributed by atoms with van der Waals surface area (Å²) in [7, 11) is 0. The highest BCUT2D eigenvalue weighted by molar-refractivity contribution is 8.00. The number of rotatable bonds is 4. The largest absolute Gasteiger partial charge is 0.366 e. The first-order valence-corrected chi connectivity index (χ1v) is 7.69. The van der Waals surface area contributed by atoms with E-state index in [1.165, 1.54) is 16.0 Å². The summed E-state index contributed by atoms with van der Waals surface area (Å²) in [4.78, 5) is 5.76. The number of pyridine rings is 1. The summed E-state index contributed by atoms with van der Waals surface area (Å²) in [6.45, 7) is 9.61. The summed E-state index contributed by atoms with van der Waals surface area (Å²) in [6.07, 6.45) is 1.97. The molecule has 0 atom stereocenters. The van der Waals surface area contributed by atoms with Gasteiger partial charge in [0.15, 0.2) is 0 Å². The van der Waals surface area contributed by atoms with Crippen molar-refractivity contribution >= 4 is 17.6 Å². The Morgan fingerprint density at radius 1 is 1.15 bits per heavy atom. The van der Waals surface area contributed by atoms with Gasteiger partial charge in [0.25, 0.3) is 0 Å². The number of benzene rings is 1. The molecule has 1 heterocycles. The van der Waals surface area contributed by atoms with Crippen molar-refractivity contribution in [2.75, 3.05) is 5.32 Å². The highest BCUT2D eigenvalue weighted by Crippen LogP contribution is 2.34. The van der Waals surface area contributed by atoms with Gasteiger partial charge in [-0.15, -0.1) is 11.8 Å². The van der Waals surface area contributed by atoms with Gasteiger partial charge in [0.05, 0.1) is 0 Å². The van der Waals surface area contributed by atoms with Crippen molar-refractivity contribution in [2.24, 2.45) is 0 Å². The summed E-state index contributed by atoms with van der Waals surface area (Å²) in [5, 5.41) is 3.37. The standard InChI is InChI=1S/C17H22N2S/c1-13-10-16(18-11-14-8-6-5-7-9-14)19-12-15(13)20-17(2,3)4/h5-10,12H,11H2,1-4H3,(H,18,19). The van der Waals surface area contributed by atoms with Gasteiger partial charge in [0.2, 0.25) is 0 Å². The molecule has 0 amide bonds. The molecule has 3 heteroatoms. The molecule has 0 aliphatic rings. The fraction of sp³-hybridized carbons (Fsp3) is 0.353. The zero-order chi connectivity index (χ0) is 14.6. The minimum atomic E-state index is 0.214. The van der Waals surface area contributed by atoms with Gasteiger partial charge in [0.1, 0.15) is 5.82 Å². The number of thioether (sulfide) groups is 1. The molecule has 20 heavy (non-hydrogen) atoms. The second kappa shape index (κ2) is 6.31. The maximum Gasteiger partial charge on any atom is 0.126 e. The van der Waals surface area contributed by atoms with Crippen molar-refractivity contribution in [3.05, 3.63) is 53.7 Å². The Bertz CT molecular complexity index is 559. The van der Waals surface area contributed by atoms with Gasteiger partial charge in [-0.3, -0.25) is 0 Å². The van der Waals surface area contributed by atoms with E-state index in [9.17, 15) is 0 Å². The van der Waals surface area contributed by atoms with Gasteiger partial charge in [-0.1, -0.05) is 51.1 Å². The van der Waals surface area contributed by atoms with Gasteiger partial charge in [-0.2, -0.15) is 0 Å². The van der Waals surface area contributed by atoms with Crippen molar-refractivity contribution < 1.29 is 0 Å². The van der Waals surface area contributed by atoms with E-state index in [-0.39, 0.29) is 4.75 Å². The van der Waals surface area contributed by atoms with Crippen molar-refractivity contribution in [1.82, 2.24) is 4.98 Å². The maximum absolute atomic E-state index is 4.51. The zero-order valence-corrected chi connectivity index (χ0v) is 13.4. The summed E-state index contributed by atoms with van der Waals surface area (Å²) in [5.74, 6) is 0.935. The molecule has 2 rings (SSSR count). The van der Waals surface area contributed by atoms with Crippen LogP contribution in [-0.4, -0.2) is 9.73 Å². The highest BCUT2D eigenvalue weighted by atomic mass is 32.2. The Morgan fingerprint density at radius 3 is 2.45 bits per heavy atom. The molecular formula is C17H22N2S. The molecule has 1 aromatic heterocycles. The number of aromatic nitrogens is 1. The Kier molecular flexibility index (Phi) is 4.71. The van der Waals surface area contributed by atoms with Crippen LogP contribution in [0.1, 0.15) is 31.9 Å². The van der Waals surface area contributed by atoms with Gasteiger partial charge in [0, 0.05) is 22.4 Å². The minimum absolute atomic E-state index is 0.214. The van der Waals surface area contributed by atoms with E-state index in [1.54, 1.807) is 0 Å². The molecule has 0 aliphatic heterocycles. The lowest BCUT2D eigenvalue weighted by Crippen LogP contribution is -2.08. The average Bonchev–Trinajstić information content (AvgIpc) is 2.39. The van der Waals surface area contributed by atoms with E-state index in [1.807, 2.05) is 24.0 Å². The van der Waals surface area contributed by atoms with Crippen LogP contribution in [0.15, 0.2) is 47.5 Å². The van der Waals surface area contributed by atoms with Gasteiger partial charge in [-0.25, -0.2) is 4.98 Å². The molecule has 0 radical (unpaired) electrons. The first-order valence-electron chi connectivity index (χ1n) is 6.87. The first kappa shape index (κ1) is 14.9. The summed E-state index contributed by atoms with van der Waals surface area (Å²) in [5.41, 5.74) is 2.54. The Morgan fingerprint density at radius 2 is 1.85 bits per heavy atom. The molecule has 2 nitrogen and oxygen atoms in total. The topological polar surface area (TPSA) is 24.9 Å². The second-order valence-electron chi connectivity index (χ2n) is 5.89. The Balaban J connectivity index is 2.02. The Labute approximate surface area is 126 Å². The van der Waals surface area contributed by atoms with Crippen molar-refractivity contribution in [3.8, 4) is 0 Å². The number of hydrogen-bond donors (Lipinski definition) is 1. The molecule has 0 spiro atoms. The molecule has 0 aliphatic carbocycles. The van der Waals surface area contributed by atoms with E-state index < -0.39 is 0 Å². The molecule has 0 bridgehead atoms.